The number of hydrogen-bond donors (Lipinski definition) is 2. The number of nitrogen functional groups attached to an aromatic ring is 1. The molecule has 1 aromatic carbocycles. The van der Waals surface area contributed by atoms with Crippen molar-refractivity contribution < 1.29 is 4.74 Å². The molecule has 4 rings (SSSR count). The van der Waals surface area contributed by atoms with Gasteiger partial charge in [-0.1, -0.05) is 35.3 Å². The first-order valence-corrected chi connectivity index (χ1v) is 9.86. The minimum absolute atomic E-state index is 0.0726. The zero-order valence-electron chi connectivity index (χ0n) is 15.2. The van der Waals surface area contributed by atoms with Crippen LogP contribution in [0.3, 0.4) is 0 Å². The van der Waals surface area contributed by atoms with Crippen molar-refractivity contribution in [3.05, 3.63) is 34.4 Å². The molecule has 0 saturated carbocycles. The molecule has 2 fully saturated rings. The van der Waals surface area contributed by atoms with Crippen molar-refractivity contribution in [3.8, 4) is 11.3 Å². The van der Waals surface area contributed by atoms with Crippen molar-refractivity contribution in [1.82, 2.24) is 9.97 Å². The van der Waals surface area contributed by atoms with E-state index in [-0.39, 0.29) is 17.6 Å². The van der Waals surface area contributed by atoms with Gasteiger partial charge in [-0.25, -0.2) is 9.97 Å². The lowest BCUT2D eigenvalue weighted by molar-refractivity contribution is 0.0974. The van der Waals surface area contributed by atoms with Crippen molar-refractivity contribution in [1.29, 1.82) is 0 Å². The van der Waals surface area contributed by atoms with Crippen LogP contribution in [0.2, 0.25) is 10.0 Å². The lowest BCUT2D eigenvalue weighted by atomic mass is 9.73. The summed E-state index contributed by atoms with van der Waals surface area (Å²) in [5, 5.41) is 0.891. The molecule has 1 spiro atoms. The second-order valence-electron chi connectivity index (χ2n) is 7.45. The van der Waals surface area contributed by atoms with Gasteiger partial charge in [0.25, 0.3) is 0 Å². The number of anilines is 2. The zero-order chi connectivity index (χ0) is 19.2. The van der Waals surface area contributed by atoms with Crippen LogP contribution in [-0.2, 0) is 4.74 Å². The highest BCUT2D eigenvalue weighted by molar-refractivity contribution is 6.43. The van der Waals surface area contributed by atoms with E-state index in [1.54, 1.807) is 12.3 Å². The summed E-state index contributed by atoms with van der Waals surface area (Å²) in [6.07, 6.45) is 3.81. The van der Waals surface area contributed by atoms with Crippen LogP contribution in [-0.4, -0.2) is 41.8 Å². The number of hydrogen-bond acceptors (Lipinski definition) is 6. The molecular formula is C19H23Cl2N5O. The van der Waals surface area contributed by atoms with Gasteiger partial charge >= 0.3 is 0 Å². The Labute approximate surface area is 168 Å². The SMILES string of the molecule is C[C@@H]1OCC2(CCN(c3cnc(-c4cccc(Cl)c4Cl)c(N)n3)CC2)[C@@H]1N. The van der Waals surface area contributed by atoms with Gasteiger partial charge in [0.2, 0.25) is 0 Å². The molecule has 6 nitrogen and oxygen atoms in total. The molecule has 2 aliphatic heterocycles. The number of halogens is 2. The third-order valence-corrected chi connectivity index (χ3v) is 6.74. The van der Waals surface area contributed by atoms with Crippen LogP contribution >= 0.6 is 23.2 Å². The minimum Gasteiger partial charge on any atom is -0.382 e. The van der Waals surface area contributed by atoms with Crippen LogP contribution < -0.4 is 16.4 Å². The molecular weight excluding hydrogens is 385 g/mol. The fourth-order valence-corrected chi connectivity index (χ4v) is 4.48. The normalized spacial score (nSPS) is 24.5. The molecule has 0 unspecified atom stereocenters. The molecule has 8 heteroatoms. The molecule has 2 aliphatic rings. The van der Waals surface area contributed by atoms with Crippen LogP contribution in [0.4, 0.5) is 11.6 Å². The molecule has 27 heavy (non-hydrogen) atoms. The molecule has 2 saturated heterocycles. The predicted octanol–water partition coefficient (Wildman–Crippen LogP) is 3.37. The summed E-state index contributed by atoms with van der Waals surface area (Å²) in [5.41, 5.74) is 13.9. The number of benzene rings is 1. The van der Waals surface area contributed by atoms with Crippen LogP contribution in [0, 0.1) is 5.41 Å². The average Bonchev–Trinajstić information content (AvgIpc) is 2.94. The van der Waals surface area contributed by atoms with E-state index in [4.69, 9.17) is 39.4 Å². The second kappa shape index (κ2) is 7.09. The fourth-order valence-electron chi connectivity index (χ4n) is 4.09. The average molecular weight is 408 g/mol. The monoisotopic (exact) mass is 407 g/mol. The molecule has 144 valence electrons. The first-order chi connectivity index (χ1) is 12.9. The Hall–Kier alpha value is -1.60. The Balaban J connectivity index is 1.53. The Morgan fingerprint density at radius 3 is 2.63 bits per heavy atom. The molecule has 2 atom stereocenters. The number of ether oxygens (including phenoxy) is 1. The summed E-state index contributed by atoms with van der Waals surface area (Å²) < 4.78 is 5.79. The van der Waals surface area contributed by atoms with E-state index in [1.807, 2.05) is 12.1 Å². The summed E-state index contributed by atoms with van der Waals surface area (Å²) in [6.45, 7) is 4.51. The first-order valence-electron chi connectivity index (χ1n) is 9.10. The van der Waals surface area contributed by atoms with E-state index in [2.05, 4.69) is 21.8 Å². The van der Waals surface area contributed by atoms with Crippen LogP contribution in [0.5, 0.6) is 0 Å². The van der Waals surface area contributed by atoms with Gasteiger partial charge < -0.3 is 21.1 Å². The summed E-state index contributed by atoms with van der Waals surface area (Å²) in [7, 11) is 0. The predicted molar refractivity (Wildman–Crippen MR) is 109 cm³/mol. The van der Waals surface area contributed by atoms with Gasteiger partial charge in [-0.05, 0) is 25.8 Å². The molecule has 0 amide bonds. The van der Waals surface area contributed by atoms with Crippen LogP contribution in [0.15, 0.2) is 24.4 Å². The number of nitrogens with two attached hydrogens (primary N) is 2. The molecule has 4 N–H and O–H groups in total. The van der Waals surface area contributed by atoms with E-state index in [9.17, 15) is 0 Å². The lowest BCUT2D eigenvalue weighted by Gasteiger charge is -2.41. The highest BCUT2D eigenvalue weighted by atomic mass is 35.5. The van der Waals surface area contributed by atoms with Crippen molar-refractivity contribution in [2.45, 2.75) is 31.9 Å². The van der Waals surface area contributed by atoms with E-state index in [1.165, 1.54) is 0 Å². The maximum absolute atomic E-state index is 6.39. The van der Waals surface area contributed by atoms with E-state index in [0.717, 1.165) is 38.4 Å². The van der Waals surface area contributed by atoms with Gasteiger partial charge in [0.05, 0.1) is 29.0 Å². The van der Waals surface area contributed by atoms with Crippen molar-refractivity contribution >= 4 is 34.8 Å². The number of aromatic nitrogens is 2. The quantitative estimate of drug-likeness (QED) is 0.792. The number of nitrogens with zero attached hydrogens (tertiary/aromatic N) is 3. The second-order valence-corrected chi connectivity index (χ2v) is 8.24. The third kappa shape index (κ3) is 3.25. The van der Waals surface area contributed by atoms with E-state index >= 15 is 0 Å². The van der Waals surface area contributed by atoms with Crippen LogP contribution in [0.1, 0.15) is 19.8 Å². The maximum Gasteiger partial charge on any atom is 0.152 e. The standard InChI is InChI=1S/C19H23Cl2N5O/c1-11-17(22)19(10-27-11)5-7-26(8-6-19)14-9-24-16(18(23)25-14)12-3-2-4-13(20)15(12)21/h2-4,9,11,17H,5-8,10,22H2,1H3,(H2,23,25)/t11-,17+/m0/s1. The Morgan fingerprint density at radius 1 is 1.26 bits per heavy atom. The number of piperidine rings is 1. The molecule has 2 aromatic rings. The van der Waals surface area contributed by atoms with Gasteiger partial charge in [0.15, 0.2) is 5.82 Å². The summed E-state index contributed by atoms with van der Waals surface area (Å²) in [4.78, 5) is 11.3. The molecule has 0 aliphatic carbocycles. The summed E-state index contributed by atoms with van der Waals surface area (Å²) >= 11 is 12.4. The Bertz CT molecular complexity index is 854. The van der Waals surface area contributed by atoms with Crippen LogP contribution in [0.25, 0.3) is 11.3 Å². The third-order valence-electron chi connectivity index (χ3n) is 5.92. The molecule has 3 heterocycles. The van der Waals surface area contributed by atoms with Gasteiger partial charge in [-0.2, -0.15) is 0 Å². The largest absolute Gasteiger partial charge is 0.382 e. The Kier molecular flexibility index (Phi) is 4.93. The first kappa shape index (κ1) is 18.7. The maximum atomic E-state index is 6.39. The van der Waals surface area contributed by atoms with Crippen molar-refractivity contribution in [2.24, 2.45) is 11.1 Å². The highest BCUT2D eigenvalue weighted by Crippen LogP contribution is 2.42. The summed E-state index contributed by atoms with van der Waals surface area (Å²) in [6, 6.07) is 5.47. The summed E-state index contributed by atoms with van der Waals surface area (Å²) in [5.74, 6) is 1.11. The van der Waals surface area contributed by atoms with Gasteiger partial charge in [0.1, 0.15) is 11.5 Å². The topological polar surface area (TPSA) is 90.3 Å². The molecule has 0 radical (unpaired) electrons. The fraction of sp³-hybridized carbons (Fsp3) is 0.474. The van der Waals surface area contributed by atoms with Gasteiger partial charge in [-0.3, -0.25) is 0 Å². The minimum atomic E-state index is 0.0726. The molecule has 1 aromatic heterocycles. The zero-order valence-corrected chi connectivity index (χ0v) is 16.7. The van der Waals surface area contributed by atoms with Gasteiger partial charge in [-0.15, -0.1) is 0 Å². The van der Waals surface area contributed by atoms with Crippen molar-refractivity contribution in [3.63, 3.8) is 0 Å². The lowest BCUT2D eigenvalue weighted by Crippen LogP contribution is -2.50. The molecule has 0 bridgehead atoms. The number of rotatable bonds is 2. The Morgan fingerprint density at radius 2 is 2.00 bits per heavy atom. The van der Waals surface area contributed by atoms with E-state index in [0.29, 0.717) is 27.1 Å². The van der Waals surface area contributed by atoms with E-state index < -0.39 is 0 Å². The smallest absolute Gasteiger partial charge is 0.152 e. The van der Waals surface area contributed by atoms with Crippen molar-refractivity contribution in [2.75, 3.05) is 30.3 Å². The van der Waals surface area contributed by atoms with Gasteiger partial charge in [0, 0.05) is 30.1 Å². The highest BCUT2D eigenvalue weighted by Gasteiger charge is 2.47.